The van der Waals surface area contributed by atoms with Crippen LogP contribution in [-0.2, 0) is 11.3 Å². The molecule has 4 rings (SSSR count). The molecule has 0 fully saturated rings. The topological polar surface area (TPSA) is 113 Å². The first-order valence-corrected chi connectivity index (χ1v) is 10.5. The molecule has 8 nitrogen and oxygen atoms in total. The molecule has 2 heterocycles. The number of hydrogen-bond acceptors (Lipinski definition) is 6. The molecule has 0 atom stereocenters. The lowest BCUT2D eigenvalue weighted by Crippen LogP contribution is -2.25. The number of nitrogens with one attached hydrogen (secondary N) is 3. The predicted octanol–water partition coefficient (Wildman–Crippen LogP) is 3.73. The van der Waals surface area contributed by atoms with Crippen LogP contribution in [0.2, 0.25) is 0 Å². The summed E-state index contributed by atoms with van der Waals surface area (Å²) in [5.74, 6) is -0.132. The minimum Gasteiger partial charge on any atom is -0.410 e. The highest BCUT2D eigenvalue weighted by molar-refractivity contribution is 7.99. The van der Waals surface area contributed by atoms with Crippen molar-refractivity contribution in [2.75, 3.05) is 11.1 Å². The molecule has 0 bridgehead atoms. The SMILES string of the molecule is O=C(CSc1nnc(-c2ccc[nH]2)o1)Nc1ccccc1C(=O)NCc1ccccc1. The molecule has 0 radical (unpaired) electrons. The molecule has 31 heavy (non-hydrogen) atoms. The number of thioether (sulfide) groups is 1. The van der Waals surface area contributed by atoms with Gasteiger partial charge in [0.15, 0.2) is 0 Å². The second-order valence-corrected chi connectivity index (χ2v) is 7.43. The van der Waals surface area contributed by atoms with Gasteiger partial charge >= 0.3 is 0 Å². The van der Waals surface area contributed by atoms with Crippen molar-refractivity contribution in [1.29, 1.82) is 0 Å². The number of aromatic amines is 1. The number of amides is 2. The number of benzene rings is 2. The maximum Gasteiger partial charge on any atom is 0.277 e. The lowest BCUT2D eigenvalue weighted by Gasteiger charge is -2.11. The predicted molar refractivity (Wildman–Crippen MR) is 117 cm³/mol. The third-order valence-corrected chi connectivity index (χ3v) is 5.12. The van der Waals surface area contributed by atoms with Gasteiger partial charge in [-0.15, -0.1) is 10.2 Å². The number of para-hydroxylation sites is 1. The standard InChI is InChI=1S/C22H19N5O3S/c28-19(14-31-22-27-26-21(30-22)18-11-6-12-23-18)25-17-10-5-4-9-16(17)20(29)24-13-15-7-2-1-3-8-15/h1-12,23H,13-14H2,(H,24,29)(H,25,28). The fraction of sp³-hybridized carbons (Fsp3) is 0.0909. The van der Waals surface area contributed by atoms with Crippen molar-refractivity contribution in [3.63, 3.8) is 0 Å². The van der Waals surface area contributed by atoms with Crippen molar-refractivity contribution < 1.29 is 14.0 Å². The molecule has 0 spiro atoms. The quantitative estimate of drug-likeness (QED) is 0.365. The first-order chi connectivity index (χ1) is 15.2. The summed E-state index contributed by atoms with van der Waals surface area (Å²) in [5, 5.41) is 13.8. The van der Waals surface area contributed by atoms with Gasteiger partial charge in [-0.05, 0) is 29.8 Å². The summed E-state index contributed by atoms with van der Waals surface area (Å²) in [6.07, 6.45) is 1.76. The van der Waals surface area contributed by atoms with Gasteiger partial charge in [0.2, 0.25) is 5.91 Å². The summed E-state index contributed by atoms with van der Waals surface area (Å²) in [4.78, 5) is 28.0. The van der Waals surface area contributed by atoms with E-state index in [0.29, 0.717) is 29.4 Å². The largest absolute Gasteiger partial charge is 0.410 e. The van der Waals surface area contributed by atoms with Gasteiger partial charge in [0.25, 0.3) is 17.0 Å². The Morgan fingerprint density at radius 2 is 1.77 bits per heavy atom. The Bertz CT molecular complexity index is 1160. The third kappa shape index (κ3) is 5.40. The Morgan fingerprint density at radius 1 is 0.968 bits per heavy atom. The number of aromatic nitrogens is 3. The molecule has 4 aromatic rings. The fourth-order valence-electron chi connectivity index (χ4n) is 2.82. The van der Waals surface area contributed by atoms with Crippen molar-refractivity contribution in [2.45, 2.75) is 11.8 Å². The molecule has 9 heteroatoms. The highest BCUT2D eigenvalue weighted by Crippen LogP contribution is 2.22. The van der Waals surface area contributed by atoms with Crippen LogP contribution in [0.25, 0.3) is 11.6 Å². The summed E-state index contributed by atoms with van der Waals surface area (Å²) in [7, 11) is 0. The molecule has 0 unspecified atom stereocenters. The van der Waals surface area contributed by atoms with Crippen LogP contribution in [0, 0.1) is 0 Å². The lowest BCUT2D eigenvalue weighted by atomic mass is 10.1. The van der Waals surface area contributed by atoms with E-state index in [2.05, 4.69) is 25.8 Å². The monoisotopic (exact) mass is 433 g/mol. The summed E-state index contributed by atoms with van der Waals surface area (Å²) in [6.45, 7) is 0.401. The van der Waals surface area contributed by atoms with Crippen LogP contribution in [0.4, 0.5) is 5.69 Å². The summed E-state index contributed by atoms with van der Waals surface area (Å²) in [5.41, 5.74) is 2.53. The molecular weight excluding hydrogens is 414 g/mol. The first kappa shape index (κ1) is 20.4. The van der Waals surface area contributed by atoms with E-state index >= 15 is 0 Å². The third-order valence-electron chi connectivity index (χ3n) is 4.30. The molecule has 2 aromatic heterocycles. The van der Waals surface area contributed by atoms with Gasteiger partial charge in [-0.25, -0.2) is 0 Å². The number of rotatable bonds is 8. The number of carbonyl (C=O) groups is 2. The zero-order valence-electron chi connectivity index (χ0n) is 16.4. The number of H-pyrrole nitrogens is 1. The summed E-state index contributed by atoms with van der Waals surface area (Å²) in [6, 6.07) is 20.1. The van der Waals surface area contributed by atoms with Gasteiger partial charge < -0.3 is 20.0 Å². The van der Waals surface area contributed by atoms with Crippen molar-refractivity contribution in [1.82, 2.24) is 20.5 Å². The van der Waals surface area contributed by atoms with Gasteiger partial charge in [-0.3, -0.25) is 9.59 Å². The van der Waals surface area contributed by atoms with Crippen LogP contribution in [0.3, 0.4) is 0 Å². The van der Waals surface area contributed by atoms with E-state index in [9.17, 15) is 9.59 Å². The Balaban J connectivity index is 1.33. The first-order valence-electron chi connectivity index (χ1n) is 9.50. The van der Waals surface area contributed by atoms with E-state index in [1.165, 1.54) is 0 Å². The number of hydrogen-bond donors (Lipinski definition) is 3. The maximum atomic E-state index is 12.6. The lowest BCUT2D eigenvalue weighted by molar-refractivity contribution is -0.113. The smallest absolute Gasteiger partial charge is 0.277 e. The minimum absolute atomic E-state index is 0.0618. The highest BCUT2D eigenvalue weighted by atomic mass is 32.2. The van der Waals surface area contributed by atoms with E-state index < -0.39 is 0 Å². The number of carbonyl (C=O) groups excluding carboxylic acids is 2. The molecule has 0 saturated carbocycles. The van der Waals surface area contributed by atoms with Crippen LogP contribution in [0.15, 0.2) is 82.6 Å². The van der Waals surface area contributed by atoms with Crippen LogP contribution < -0.4 is 10.6 Å². The molecule has 0 aliphatic heterocycles. The van der Waals surface area contributed by atoms with Crippen molar-refractivity contribution >= 4 is 29.3 Å². The second-order valence-electron chi connectivity index (χ2n) is 6.51. The average Bonchev–Trinajstić information content (AvgIpc) is 3.49. The minimum atomic E-state index is -0.284. The summed E-state index contributed by atoms with van der Waals surface area (Å²) >= 11 is 1.12. The van der Waals surface area contributed by atoms with E-state index in [0.717, 1.165) is 17.3 Å². The molecule has 3 N–H and O–H groups in total. The Kier molecular flexibility index (Phi) is 6.44. The van der Waals surface area contributed by atoms with Gasteiger partial charge in [0.05, 0.1) is 17.0 Å². The van der Waals surface area contributed by atoms with E-state index in [1.54, 1.807) is 30.5 Å². The normalized spacial score (nSPS) is 10.6. The van der Waals surface area contributed by atoms with Gasteiger partial charge in [-0.2, -0.15) is 0 Å². The zero-order valence-corrected chi connectivity index (χ0v) is 17.2. The van der Waals surface area contributed by atoms with Crippen molar-refractivity contribution in [2.24, 2.45) is 0 Å². The Morgan fingerprint density at radius 3 is 2.58 bits per heavy atom. The molecule has 2 aromatic carbocycles. The maximum absolute atomic E-state index is 12.6. The van der Waals surface area contributed by atoms with E-state index in [1.807, 2.05) is 42.5 Å². The van der Waals surface area contributed by atoms with Gasteiger partial charge in [0, 0.05) is 12.7 Å². The van der Waals surface area contributed by atoms with Crippen LogP contribution in [-0.4, -0.2) is 32.7 Å². The molecule has 0 aliphatic rings. The fourth-order valence-corrected chi connectivity index (χ4v) is 3.38. The molecule has 2 amide bonds. The average molecular weight is 433 g/mol. The van der Waals surface area contributed by atoms with Crippen molar-refractivity contribution in [3.8, 4) is 11.6 Å². The summed E-state index contributed by atoms with van der Waals surface area (Å²) < 4.78 is 5.53. The van der Waals surface area contributed by atoms with Gasteiger partial charge in [-0.1, -0.05) is 54.2 Å². The Labute approximate surface area is 182 Å². The molecule has 0 saturated heterocycles. The zero-order chi connectivity index (χ0) is 21.5. The number of nitrogens with zero attached hydrogens (tertiary/aromatic N) is 2. The van der Waals surface area contributed by atoms with Gasteiger partial charge in [0.1, 0.15) is 5.69 Å². The molecular formula is C22H19N5O3S. The molecule has 156 valence electrons. The Hall–Kier alpha value is -3.85. The van der Waals surface area contributed by atoms with Crippen LogP contribution in [0.5, 0.6) is 0 Å². The molecule has 0 aliphatic carbocycles. The van der Waals surface area contributed by atoms with Crippen molar-refractivity contribution in [3.05, 3.63) is 84.1 Å². The second kappa shape index (κ2) is 9.77. The highest BCUT2D eigenvalue weighted by Gasteiger charge is 2.15. The van der Waals surface area contributed by atoms with E-state index in [-0.39, 0.29) is 22.8 Å². The van der Waals surface area contributed by atoms with Crippen LogP contribution >= 0.6 is 11.8 Å². The van der Waals surface area contributed by atoms with E-state index in [4.69, 9.17) is 4.42 Å². The number of anilines is 1. The van der Waals surface area contributed by atoms with Crippen LogP contribution in [0.1, 0.15) is 15.9 Å².